The van der Waals surface area contributed by atoms with Crippen molar-refractivity contribution >= 4 is 17.6 Å². The first-order valence-electron chi connectivity index (χ1n) is 6.35. The molecule has 114 valence electrons. The first-order chi connectivity index (χ1) is 9.82. The summed E-state index contributed by atoms with van der Waals surface area (Å²) in [5.74, 6) is -3.80. The molecule has 0 aromatic heterocycles. The van der Waals surface area contributed by atoms with E-state index in [0.29, 0.717) is 11.4 Å². The molecule has 1 saturated heterocycles. The molecule has 0 bridgehead atoms. The Morgan fingerprint density at radius 1 is 1.29 bits per heavy atom. The number of ether oxygens (including phenoxy) is 3. The molecule has 0 radical (unpaired) electrons. The molecule has 1 N–H and O–H groups in total. The smallest absolute Gasteiger partial charge is 0.325 e. The molecular weight excluding hydrogens is 281 g/mol. The average molecular weight is 297 g/mol. The minimum atomic E-state index is -1.26. The van der Waals surface area contributed by atoms with Crippen LogP contribution in [-0.2, 0) is 19.1 Å². The maximum Gasteiger partial charge on any atom is 0.325 e. The van der Waals surface area contributed by atoms with Gasteiger partial charge in [-0.25, -0.2) is 4.39 Å². The van der Waals surface area contributed by atoms with Gasteiger partial charge in [0.25, 0.3) is 5.79 Å². The van der Waals surface area contributed by atoms with Crippen LogP contribution in [0, 0.1) is 11.7 Å². The van der Waals surface area contributed by atoms with Crippen molar-refractivity contribution in [2.75, 3.05) is 19.0 Å². The van der Waals surface area contributed by atoms with Crippen molar-refractivity contribution in [3.63, 3.8) is 0 Å². The maximum absolute atomic E-state index is 13.2. The SMILES string of the molecule is COc1ccc(F)cc1NCC1C(=O)OC(C)(C)OC1=O. The predicted octanol–water partition coefficient (Wildman–Crippen LogP) is 1.70. The summed E-state index contributed by atoms with van der Waals surface area (Å²) in [5, 5.41) is 2.80. The van der Waals surface area contributed by atoms with Crippen LogP contribution in [0.1, 0.15) is 13.8 Å². The molecule has 0 atom stereocenters. The fourth-order valence-corrected chi connectivity index (χ4v) is 1.94. The molecule has 21 heavy (non-hydrogen) atoms. The molecule has 1 aliphatic heterocycles. The van der Waals surface area contributed by atoms with E-state index in [2.05, 4.69) is 5.32 Å². The molecule has 0 unspecified atom stereocenters. The van der Waals surface area contributed by atoms with E-state index in [1.54, 1.807) is 0 Å². The van der Waals surface area contributed by atoms with Crippen molar-refractivity contribution < 1.29 is 28.2 Å². The van der Waals surface area contributed by atoms with Crippen molar-refractivity contribution in [3.8, 4) is 5.75 Å². The number of anilines is 1. The Labute approximate surface area is 121 Å². The lowest BCUT2D eigenvalue weighted by Gasteiger charge is -2.33. The normalized spacial score (nSPS) is 17.9. The van der Waals surface area contributed by atoms with E-state index >= 15 is 0 Å². The number of rotatable bonds is 4. The van der Waals surface area contributed by atoms with E-state index in [0.717, 1.165) is 0 Å². The van der Waals surface area contributed by atoms with Crippen LogP contribution in [-0.4, -0.2) is 31.4 Å². The van der Waals surface area contributed by atoms with Gasteiger partial charge in [-0.05, 0) is 12.1 Å². The lowest BCUT2D eigenvalue weighted by Crippen LogP contribution is -2.48. The molecule has 0 saturated carbocycles. The van der Waals surface area contributed by atoms with Gasteiger partial charge in [0.1, 0.15) is 11.6 Å². The van der Waals surface area contributed by atoms with Crippen molar-refractivity contribution in [2.24, 2.45) is 5.92 Å². The average Bonchev–Trinajstić information content (AvgIpc) is 2.36. The van der Waals surface area contributed by atoms with Crippen molar-refractivity contribution in [2.45, 2.75) is 19.6 Å². The van der Waals surface area contributed by atoms with Gasteiger partial charge >= 0.3 is 11.9 Å². The molecule has 2 rings (SSSR count). The maximum atomic E-state index is 13.2. The summed E-state index contributed by atoms with van der Waals surface area (Å²) in [6.07, 6.45) is 0. The molecule has 1 fully saturated rings. The molecule has 1 aromatic rings. The summed E-state index contributed by atoms with van der Waals surface area (Å²) >= 11 is 0. The third kappa shape index (κ3) is 3.42. The highest BCUT2D eigenvalue weighted by atomic mass is 19.1. The number of methoxy groups -OCH3 is 1. The van der Waals surface area contributed by atoms with Crippen LogP contribution in [0.2, 0.25) is 0 Å². The van der Waals surface area contributed by atoms with Crippen molar-refractivity contribution in [3.05, 3.63) is 24.0 Å². The van der Waals surface area contributed by atoms with Crippen LogP contribution in [0.4, 0.5) is 10.1 Å². The third-order valence-corrected chi connectivity index (χ3v) is 2.92. The summed E-state index contributed by atoms with van der Waals surface area (Å²) in [4.78, 5) is 23.6. The highest BCUT2D eigenvalue weighted by Crippen LogP contribution is 2.27. The van der Waals surface area contributed by atoms with Gasteiger partial charge in [0.2, 0.25) is 0 Å². The highest BCUT2D eigenvalue weighted by molar-refractivity contribution is 5.97. The Morgan fingerprint density at radius 3 is 2.48 bits per heavy atom. The molecule has 0 amide bonds. The van der Waals surface area contributed by atoms with E-state index in [4.69, 9.17) is 14.2 Å². The molecular formula is C14H16FNO5. The second-order valence-electron chi connectivity index (χ2n) is 5.02. The fraction of sp³-hybridized carbons (Fsp3) is 0.429. The van der Waals surface area contributed by atoms with Gasteiger partial charge in [-0.2, -0.15) is 0 Å². The standard InChI is InChI=1S/C14H16FNO5/c1-14(2)20-12(17)9(13(18)21-14)7-16-10-6-8(15)4-5-11(10)19-3/h4-6,9,16H,7H2,1-3H3. The minimum Gasteiger partial charge on any atom is -0.495 e. The number of hydrogen-bond acceptors (Lipinski definition) is 6. The lowest BCUT2D eigenvalue weighted by atomic mass is 10.1. The summed E-state index contributed by atoms with van der Waals surface area (Å²) < 4.78 is 28.3. The number of carbonyl (C=O) groups excluding carboxylic acids is 2. The number of halogens is 1. The largest absolute Gasteiger partial charge is 0.495 e. The Balaban J connectivity index is 2.08. The topological polar surface area (TPSA) is 73.9 Å². The van der Waals surface area contributed by atoms with Crippen LogP contribution in [0.5, 0.6) is 5.75 Å². The first kappa shape index (κ1) is 15.1. The minimum absolute atomic E-state index is 0.0758. The Kier molecular flexibility index (Phi) is 4.02. The van der Waals surface area contributed by atoms with Crippen LogP contribution in [0.15, 0.2) is 18.2 Å². The molecule has 6 nitrogen and oxygen atoms in total. The van der Waals surface area contributed by atoms with Gasteiger partial charge in [0, 0.05) is 26.5 Å². The highest BCUT2D eigenvalue weighted by Gasteiger charge is 2.43. The van der Waals surface area contributed by atoms with Crippen LogP contribution < -0.4 is 10.1 Å². The van der Waals surface area contributed by atoms with Gasteiger partial charge in [-0.3, -0.25) is 9.59 Å². The number of carbonyl (C=O) groups is 2. The van der Waals surface area contributed by atoms with Crippen LogP contribution in [0.25, 0.3) is 0 Å². The molecule has 0 aliphatic carbocycles. The Bertz CT molecular complexity index is 552. The van der Waals surface area contributed by atoms with Crippen molar-refractivity contribution in [1.82, 2.24) is 0 Å². The molecule has 7 heteroatoms. The zero-order valence-corrected chi connectivity index (χ0v) is 11.9. The quantitative estimate of drug-likeness (QED) is 0.673. The third-order valence-electron chi connectivity index (χ3n) is 2.92. The monoisotopic (exact) mass is 297 g/mol. The number of esters is 2. The molecule has 1 aromatic carbocycles. The van der Waals surface area contributed by atoms with Gasteiger partial charge in [0.15, 0.2) is 5.92 Å². The number of cyclic esters (lactones) is 2. The van der Waals surface area contributed by atoms with Crippen LogP contribution >= 0.6 is 0 Å². The van der Waals surface area contributed by atoms with E-state index in [-0.39, 0.29) is 6.54 Å². The van der Waals surface area contributed by atoms with E-state index in [9.17, 15) is 14.0 Å². The van der Waals surface area contributed by atoms with E-state index in [1.807, 2.05) is 0 Å². The van der Waals surface area contributed by atoms with Gasteiger partial charge in [-0.1, -0.05) is 0 Å². The summed E-state index contributed by atoms with van der Waals surface area (Å²) in [5.41, 5.74) is 0.336. The first-order valence-corrected chi connectivity index (χ1v) is 6.35. The Morgan fingerprint density at radius 2 is 1.90 bits per heavy atom. The van der Waals surface area contributed by atoms with Gasteiger partial charge in [-0.15, -0.1) is 0 Å². The number of hydrogen-bond donors (Lipinski definition) is 1. The second kappa shape index (κ2) is 5.59. The van der Waals surface area contributed by atoms with Gasteiger partial charge in [0.05, 0.1) is 12.8 Å². The summed E-state index contributed by atoms with van der Waals surface area (Å²) in [6, 6.07) is 3.90. The molecule has 1 aliphatic rings. The predicted molar refractivity (Wildman–Crippen MR) is 71.2 cm³/mol. The number of benzene rings is 1. The van der Waals surface area contributed by atoms with Crippen molar-refractivity contribution in [1.29, 1.82) is 0 Å². The zero-order valence-electron chi connectivity index (χ0n) is 11.9. The number of nitrogens with one attached hydrogen (secondary N) is 1. The Hall–Kier alpha value is -2.31. The second-order valence-corrected chi connectivity index (χ2v) is 5.02. The van der Waals surface area contributed by atoms with Gasteiger partial charge < -0.3 is 19.5 Å². The lowest BCUT2D eigenvalue weighted by molar-refractivity contribution is -0.239. The fourth-order valence-electron chi connectivity index (χ4n) is 1.94. The molecule has 1 heterocycles. The van der Waals surface area contributed by atoms with E-state index < -0.39 is 29.5 Å². The molecule has 0 spiro atoms. The zero-order chi connectivity index (χ0) is 15.6. The summed E-state index contributed by atoms with van der Waals surface area (Å²) in [6.45, 7) is 2.87. The van der Waals surface area contributed by atoms with E-state index in [1.165, 1.54) is 39.2 Å². The van der Waals surface area contributed by atoms with Crippen LogP contribution in [0.3, 0.4) is 0 Å². The summed E-state index contributed by atoms with van der Waals surface area (Å²) in [7, 11) is 1.43.